The molecule has 0 saturated heterocycles. The van der Waals surface area contributed by atoms with Crippen LogP contribution in [0.3, 0.4) is 0 Å². The maximum absolute atomic E-state index is 4.53. The van der Waals surface area contributed by atoms with Crippen LogP contribution in [0.5, 0.6) is 0 Å². The van der Waals surface area contributed by atoms with Gasteiger partial charge in [-0.25, -0.2) is 15.0 Å². The van der Waals surface area contributed by atoms with Crippen LogP contribution in [0, 0.1) is 0 Å². The van der Waals surface area contributed by atoms with E-state index in [1.807, 2.05) is 7.05 Å². The largest absolute Gasteiger partial charge is 0.308 e. The third kappa shape index (κ3) is 2.71. The Kier molecular flexibility index (Phi) is 5.15. The molecule has 1 rings (SSSR count). The first kappa shape index (κ1) is 13.4. The minimum Gasteiger partial charge on any atom is -0.308 e. The number of hydrogen-bond acceptors (Lipinski definition) is 5. The van der Waals surface area contributed by atoms with Gasteiger partial charge >= 0.3 is 0 Å². The first-order valence-corrected chi connectivity index (χ1v) is 6.72. The van der Waals surface area contributed by atoms with Crippen LogP contribution >= 0.6 is 11.8 Å². The van der Waals surface area contributed by atoms with Crippen molar-refractivity contribution in [2.75, 3.05) is 12.8 Å². The van der Waals surface area contributed by atoms with Gasteiger partial charge in [-0.2, -0.15) is 0 Å². The van der Waals surface area contributed by atoms with E-state index < -0.39 is 0 Å². The lowest BCUT2D eigenvalue weighted by molar-refractivity contribution is 0.310. The summed E-state index contributed by atoms with van der Waals surface area (Å²) in [4.78, 5) is 13.0. The van der Waals surface area contributed by atoms with Gasteiger partial charge in [-0.1, -0.05) is 32.5 Å². The summed E-state index contributed by atoms with van der Waals surface area (Å²) in [6.45, 7) is 6.39. The van der Waals surface area contributed by atoms with Crippen molar-refractivity contribution >= 4 is 11.8 Å². The second kappa shape index (κ2) is 6.15. The van der Waals surface area contributed by atoms with Crippen LogP contribution in [0.15, 0.2) is 11.5 Å². The quantitative estimate of drug-likeness (QED) is 0.773. The van der Waals surface area contributed by atoms with E-state index >= 15 is 0 Å². The Labute approximate surface area is 102 Å². The Hall–Kier alpha value is -0.680. The van der Waals surface area contributed by atoms with Crippen molar-refractivity contribution in [1.82, 2.24) is 20.3 Å². The van der Waals surface area contributed by atoms with Crippen molar-refractivity contribution in [3.63, 3.8) is 0 Å². The number of nitrogens with zero attached hydrogens (tertiary/aromatic N) is 3. The van der Waals surface area contributed by atoms with E-state index in [0.717, 1.165) is 29.6 Å². The number of nitrogens with one attached hydrogen (secondary N) is 1. The van der Waals surface area contributed by atoms with Crippen LogP contribution < -0.4 is 5.32 Å². The van der Waals surface area contributed by atoms with Gasteiger partial charge in [0.2, 0.25) is 0 Å². The molecule has 0 fully saturated rings. The maximum atomic E-state index is 4.53. The van der Waals surface area contributed by atoms with Crippen molar-refractivity contribution in [3.8, 4) is 0 Å². The van der Waals surface area contributed by atoms with Gasteiger partial charge in [-0.05, 0) is 25.6 Å². The molecule has 0 unspecified atom stereocenters. The van der Waals surface area contributed by atoms with Gasteiger partial charge in [-0.3, -0.25) is 0 Å². The molecule has 4 nitrogen and oxygen atoms in total. The van der Waals surface area contributed by atoms with Crippen LogP contribution in [-0.2, 0) is 5.54 Å². The molecule has 0 radical (unpaired) electrons. The number of rotatable bonds is 6. The number of aromatic nitrogens is 3. The van der Waals surface area contributed by atoms with Gasteiger partial charge in [0, 0.05) is 0 Å². The zero-order chi connectivity index (χ0) is 12.0. The van der Waals surface area contributed by atoms with Crippen LogP contribution in [0.2, 0.25) is 0 Å². The lowest BCUT2D eigenvalue weighted by atomic mass is 9.92. The Bertz CT molecular complexity index is 317. The van der Waals surface area contributed by atoms with E-state index in [2.05, 4.69) is 41.0 Å². The topological polar surface area (TPSA) is 50.7 Å². The van der Waals surface area contributed by atoms with Crippen molar-refractivity contribution in [2.24, 2.45) is 0 Å². The first-order valence-electron chi connectivity index (χ1n) is 5.73. The third-order valence-electron chi connectivity index (χ3n) is 2.94. The Morgan fingerprint density at radius 2 is 1.94 bits per heavy atom. The smallest absolute Gasteiger partial charge is 0.190 e. The predicted molar refractivity (Wildman–Crippen MR) is 67.5 cm³/mol. The monoisotopic (exact) mass is 240 g/mol. The first-order chi connectivity index (χ1) is 7.72. The highest BCUT2D eigenvalue weighted by molar-refractivity contribution is 7.99. The van der Waals surface area contributed by atoms with E-state index in [9.17, 15) is 0 Å². The lowest BCUT2D eigenvalue weighted by Crippen LogP contribution is -2.40. The predicted octanol–water partition coefficient (Wildman–Crippen LogP) is 2.22. The molecule has 0 aliphatic heterocycles. The molecule has 5 heteroatoms. The van der Waals surface area contributed by atoms with Crippen LogP contribution in [0.1, 0.15) is 39.4 Å². The Morgan fingerprint density at radius 3 is 2.44 bits per heavy atom. The normalized spacial score (nSPS) is 11.8. The number of thioether (sulfide) groups is 1. The molecule has 0 atom stereocenters. The van der Waals surface area contributed by atoms with Gasteiger partial charge in [-0.15, -0.1) is 0 Å². The summed E-state index contributed by atoms with van der Waals surface area (Å²) in [5.41, 5.74) is -0.119. The standard InChI is InChI=1S/C11H20N4S/c1-5-11(6-2,12-4)9-13-8-14-10(15-9)16-7-3/h8,12H,5-7H2,1-4H3. The molecule has 0 spiro atoms. The van der Waals surface area contributed by atoms with Crippen LogP contribution in [0.25, 0.3) is 0 Å². The summed E-state index contributed by atoms with van der Waals surface area (Å²) in [5, 5.41) is 4.15. The van der Waals surface area contributed by atoms with E-state index in [1.54, 1.807) is 18.1 Å². The summed E-state index contributed by atoms with van der Waals surface area (Å²) in [7, 11) is 1.96. The molecule has 16 heavy (non-hydrogen) atoms. The summed E-state index contributed by atoms with van der Waals surface area (Å²) < 4.78 is 0. The van der Waals surface area contributed by atoms with Crippen LogP contribution in [-0.4, -0.2) is 27.8 Å². The molecular formula is C11H20N4S. The maximum Gasteiger partial charge on any atom is 0.190 e. The highest BCUT2D eigenvalue weighted by Crippen LogP contribution is 2.25. The summed E-state index contributed by atoms with van der Waals surface area (Å²) in [6, 6.07) is 0. The van der Waals surface area contributed by atoms with E-state index in [4.69, 9.17) is 0 Å². The SMILES string of the molecule is CCSc1ncnc(C(CC)(CC)NC)n1. The Morgan fingerprint density at radius 1 is 1.25 bits per heavy atom. The summed E-state index contributed by atoms with van der Waals surface area (Å²) >= 11 is 1.65. The fraction of sp³-hybridized carbons (Fsp3) is 0.727. The molecule has 90 valence electrons. The molecule has 0 bridgehead atoms. The third-order valence-corrected chi connectivity index (χ3v) is 3.68. The minimum absolute atomic E-state index is 0.119. The van der Waals surface area contributed by atoms with Crippen molar-refractivity contribution in [2.45, 2.75) is 44.3 Å². The van der Waals surface area contributed by atoms with E-state index in [1.165, 1.54) is 0 Å². The van der Waals surface area contributed by atoms with E-state index in [-0.39, 0.29) is 5.54 Å². The molecule has 1 heterocycles. The van der Waals surface area contributed by atoms with Gasteiger partial charge in [0.25, 0.3) is 0 Å². The molecule has 1 N–H and O–H groups in total. The van der Waals surface area contributed by atoms with Crippen LogP contribution in [0.4, 0.5) is 0 Å². The highest BCUT2D eigenvalue weighted by atomic mass is 32.2. The van der Waals surface area contributed by atoms with Crippen molar-refractivity contribution in [1.29, 1.82) is 0 Å². The van der Waals surface area contributed by atoms with Gasteiger partial charge in [0.05, 0.1) is 5.54 Å². The molecule has 0 aliphatic carbocycles. The minimum atomic E-state index is -0.119. The molecule has 0 amide bonds. The van der Waals surface area contributed by atoms with Crippen molar-refractivity contribution < 1.29 is 0 Å². The number of hydrogen-bond donors (Lipinski definition) is 1. The van der Waals surface area contributed by atoms with Crippen molar-refractivity contribution in [3.05, 3.63) is 12.2 Å². The summed E-state index contributed by atoms with van der Waals surface area (Å²) in [6.07, 6.45) is 3.55. The molecule has 1 aromatic rings. The average molecular weight is 240 g/mol. The molecule has 0 aromatic carbocycles. The fourth-order valence-corrected chi connectivity index (χ4v) is 2.27. The fourth-order valence-electron chi connectivity index (χ4n) is 1.74. The lowest BCUT2D eigenvalue weighted by Gasteiger charge is -2.29. The highest BCUT2D eigenvalue weighted by Gasteiger charge is 2.29. The zero-order valence-corrected chi connectivity index (χ0v) is 11.3. The van der Waals surface area contributed by atoms with Gasteiger partial charge in [0.15, 0.2) is 11.0 Å². The second-order valence-electron chi connectivity index (χ2n) is 3.56. The molecular weight excluding hydrogens is 220 g/mol. The van der Waals surface area contributed by atoms with E-state index in [0.29, 0.717) is 0 Å². The molecule has 0 saturated carbocycles. The average Bonchev–Trinajstić information content (AvgIpc) is 2.33. The Balaban J connectivity index is 3.04. The summed E-state index contributed by atoms with van der Waals surface area (Å²) in [5.74, 6) is 1.83. The zero-order valence-electron chi connectivity index (χ0n) is 10.4. The van der Waals surface area contributed by atoms with Gasteiger partial charge in [0.1, 0.15) is 6.33 Å². The second-order valence-corrected chi connectivity index (χ2v) is 4.80. The molecule has 1 aromatic heterocycles. The van der Waals surface area contributed by atoms with Gasteiger partial charge < -0.3 is 5.32 Å². The molecule has 0 aliphatic rings.